The van der Waals surface area contributed by atoms with Gasteiger partial charge in [-0.05, 0) is 17.9 Å². The van der Waals surface area contributed by atoms with Gasteiger partial charge in [0, 0.05) is 6.07 Å². The fourth-order valence-electron chi connectivity index (χ4n) is 2.21. The maximum atomic E-state index is 11.3. The lowest BCUT2D eigenvalue weighted by Gasteiger charge is -2.17. The summed E-state index contributed by atoms with van der Waals surface area (Å²) < 4.78 is 1.55. The largest absolute Gasteiger partial charge is 0.360 e. The van der Waals surface area contributed by atoms with E-state index in [1.807, 2.05) is 20.8 Å². The standard InChI is InChI=1S/C14H19N5O4/c1-14(2,3)6-10-13(15-7-12(20)17-21)18-8-9(19(22)23)4-5-11(18)16-10/h4-5,8,15,21H,6-7H2,1-3H3,(H,17,20). The molecule has 2 aromatic heterocycles. The predicted molar refractivity (Wildman–Crippen MR) is 83.4 cm³/mol. The molecule has 23 heavy (non-hydrogen) atoms. The van der Waals surface area contributed by atoms with Gasteiger partial charge in [-0.15, -0.1) is 0 Å². The maximum Gasteiger partial charge on any atom is 0.286 e. The molecule has 0 aliphatic carbocycles. The molecule has 3 N–H and O–H groups in total. The van der Waals surface area contributed by atoms with Crippen LogP contribution < -0.4 is 10.8 Å². The van der Waals surface area contributed by atoms with Crippen molar-refractivity contribution in [2.24, 2.45) is 5.41 Å². The number of aromatic nitrogens is 2. The minimum atomic E-state index is -0.618. The second-order valence-electron chi connectivity index (χ2n) is 6.41. The minimum Gasteiger partial charge on any atom is -0.360 e. The summed E-state index contributed by atoms with van der Waals surface area (Å²) in [5.41, 5.74) is 2.64. The highest BCUT2D eigenvalue weighted by atomic mass is 16.6. The highest BCUT2D eigenvalue weighted by Crippen LogP contribution is 2.28. The zero-order valence-corrected chi connectivity index (χ0v) is 13.2. The van der Waals surface area contributed by atoms with Crippen LogP contribution in [0.5, 0.6) is 0 Å². The molecule has 0 radical (unpaired) electrons. The van der Waals surface area contributed by atoms with Gasteiger partial charge in [-0.3, -0.25) is 24.5 Å². The van der Waals surface area contributed by atoms with Crippen molar-refractivity contribution < 1.29 is 14.9 Å². The summed E-state index contributed by atoms with van der Waals surface area (Å²) in [5.74, 6) is -0.116. The molecule has 2 heterocycles. The van der Waals surface area contributed by atoms with Gasteiger partial charge in [0.25, 0.3) is 11.6 Å². The number of nitrogens with zero attached hydrogens (tertiary/aromatic N) is 3. The van der Waals surface area contributed by atoms with E-state index in [9.17, 15) is 14.9 Å². The average molecular weight is 321 g/mol. The average Bonchev–Trinajstić information content (AvgIpc) is 2.78. The normalized spacial score (nSPS) is 11.5. The SMILES string of the molecule is CC(C)(C)Cc1nc2ccc([N+](=O)[O-])cn2c1NCC(=O)NO. The first-order chi connectivity index (χ1) is 10.7. The summed E-state index contributed by atoms with van der Waals surface area (Å²) in [5, 5.41) is 22.4. The van der Waals surface area contributed by atoms with Crippen LogP contribution in [0.3, 0.4) is 0 Å². The van der Waals surface area contributed by atoms with Crippen LogP contribution in [0.25, 0.3) is 5.65 Å². The third kappa shape index (κ3) is 3.95. The zero-order chi connectivity index (χ0) is 17.2. The van der Waals surface area contributed by atoms with Gasteiger partial charge in [0.05, 0.1) is 23.4 Å². The van der Waals surface area contributed by atoms with Crippen molar-refractivity contribution in [3.8, 4) is 0 Å². The summed E-state index contributed by atoms with van der Waals surface area (Å²) in [6.45, 7) is 5.96. The molecule has 0 spiro atoms. The molecule has 0 aliphatic heterocycles. The lowest BCUT2D eigenvalue weighted by Crippen LogP contribution is -2.27. The third-order valence-corrected chi connectivity index (χ3v) is 3.12. The number of rotatable bonds is 5. The van der Waals surface area contributed by atoms with E-state index in [1.165, 1.54) is 17.7 Å². The Bertz CT molecular complexity index is 747. The predicted octanol–water partition coefficient (Wildman–Crippen LogP) is 1.75. The van der Waals surface area contributed by atoms with E-state index < -0.39 is 10.8 Å². The quantitative estimate of drug-likeness (QED) is 0.438. The van der Waals surface area contributed by atoms with E-state index in [-0.39, 0.29) is 17.6 Å². The summed E-state index contributed by atoms with van der Waals surface area (Å²) in [6, 6.07) is 2.94. The number of fused-ring (bicyclic) bond motifs is 1. The Balaban J connectivity index is 2.50. The van der Waals surface area contributed by atoms with Crippen molar-refractivity contribution in [1.82, 2.24) is 14.9 Å². The second-order valence-corrected chi connectivity index (χ2v) is 6.41. The summed E-state index contributed by atoms with van der Waals surface area (Å²) in [7, 11) is 0. The molecule has 9 nitrogen and oxygen atoms in total. The molecule has 0 unspecified atom stereocenters. The lowest BCUT2D eigenvalue weighted by molar-refractivity contribution is -0.385. The molecular formula is C14H19N5O4. The number of nitro groups is 1. The fraction of sp³-hybridized carbons (Fsp3) is 0.429. The molecule has 0 aliphatic rings. The van der Waals surface area contributed by atoms with E-state index in [2.05, 4.69) is 10.3 Å². The van der Waals surface area contributed by atoms with Crippen LogP contribution in [0.1, 0.15) is 26.5 Å². The van der Waals surface area contributed by atoms with E-state index in [0.717, 1.165) is 0 Å². The van der Waals surface area contributed by atoms with Crippen molar-refractivity contribution in [2.75, 3.05) is 11.9 Å². The topological polar surface area (TPSA) is 122 Å². The number of carbonyl (C=O) groups excluding carboxylic acids is 1. The van der Waals surface area contributed by atoms with Crippen molar-refractivity contribution in [1.29, 1.82) is 0 Å². The fourth-order valence-corrected chi connectivity index (χ4v) is 2.21. The van der Waals surface area contributed by atoms with E-state index in [4.69, 9.17) is 5.21 Å². The van der Waals surface area contributed by atoms with Gasteiger partial charge in [-0.2, -0.15) is 0 Å². The lowest BCUT2D eigenvalue weighted by atomic mass is 9.90. The van der Waals surface area contributed by atoms with Crippen molar-refractivity contribution >= 4 is 23.1 Å². The van der Waals surface area contributed by atoms with Crippen LogP contribution in [-0.4, -0.2) is 32.0 Å². The Hall–Kier alpha value is -2.68. The molecule has 2 rings (SSSR count). The summed E-state index contributed by atoms with van der Waals surface area (Å²) in [6.07, 6.45) is 1.97. The molecule has 0 aromatic carbocycles. The molecule has 0 atom stereocenters. The molecule has 0 saturated heterocycles. The number of anilines is 1. The molecule has 1 amide bonds. The van der Waals surface area contributed by atoms with Gasteiger partial charge in [0.2, 0.25) is 0 Å². The number of pyridine rings is 1. The Morgan fingerprint density at radius 2 is 2.13 bits per heavy atom. The summed E-state index contributed by atoms with van der Waals surface area (Å²) in [4.78, 5) is 26.2. The van der Waals surface area contributed by atoms with E-state index >= 15 is 0 Å². The number of nitrogens with one attached hydrogen (secondary N) is 2. The number of hydrogen-bond acceptors (Lipinski definition) is 6. The highest BCUT2D eigenvalue weighted by molar-refractivity contribution is 5.79. The van der Waals surface area contributed by atoms with Crippen molar-refractivity contribution in [3.05, 3.63) is 34.1 Å². The molecule has 0 fully saturated rings. The Morgan fingerprint density at radius 3 is 2.70 bits per heavy atom. The van der Waals surface area contributed by atoms with E-state index in [0.29, 0.717) is 23.6 Å². The van der Waals surface area contributed by atoms with Gasteiger partial charge in [-0.1, -0.05) is 20.8 Å². The van der Waals surface area contributed by atoms with Crippen LogP contribution in [0, 0.1) is 15.5 Å². The Labute approximate surface area is 132 Å². The molecule has 0 bridgehead atoms. The maximum absolute atomic E-state index is 11.3. The van der Waals surface area contributed by atoms with Crippen LogP contribution in [-0.2, 0) is 11.2 Å². The van der Waals surface area contributed by atoms with Crippen molar-refractivity contribution in [2.45, 2.75) is 27.2 Å². The number of hydroxylamine groups is 1. The molecular weight excluding hydrogens is 302 g/mol. The number of amides is 1. The Kier molecular flexibility index (Phi) is 4.50. The van der Waals surface area contributed by atoms with Gasteiger partial charge in [-0.25, -0.2) is 10.5 Å². The summed E-state index contributed by atoms with van der Waals surface area (Å²) >= 11 is 0. The van der Waals surface area contributed by atoms with Crippen LogP contribution in [0.4, 0.5) is 11.5 Å². The monoisotopic (exact) mass is 321 g/mol. The highest BCUT2D eigenvalue weighted by Gasteiger charge is 2.21. The second kappa shape index (κ2) is 6.21. The zero-order valence-electron chi connectivity index (χ0n) is 13.2. The van der Waals surface area contributed by atoms with Crippen LogP contribution in [0.15, 0.2) is 18.3 Å². The third-order valence-electron chi connectivity index (χ3n) is 3.12. The smallest absolute Gasteiger partial charge is 0.286 e. The van der Waals surface area contributed by atoms with Gasteiger partial charge < -0.3 is 5.32 Å². The molecule has 2 aromatic rings. The first kappa shape index (κ1) is 16.7. The number of hydrogen-bond donors (Lipinski definition) is 3. The number of imidazole rings is 1. The number of carbonyl (C=O) groups is 1. The van der Waals surface area contributed by atoms with E-state index in [1.54, 1.807) is 10.5 Å². The van der Waals surface area contributed by atoms with Crippen molar-refractivity contribution in [3.63, 3.8) is 0 Å². The minimum absolute atomic E-state index is 0.0560. The Morgan fingerprint density at radius 1 is 1.43 bits per heavy atom. The first-order valence-electron chi connectivity index (χ1n) is 7.03. The van der Waals surface area contributed by atoms with Crippen LogP contribution >= 0.6 is 0 Å². The first-order valence-corrected chi connectivity index (χ1v) is 7.03. The van der Waals surface area contributed by atoms with Gasteiger partial charge >= 0.3 is 0 Å². The molecule has 124 valence electrons. The van der Waals surface area contributed by atoms with Gasteiger partial charge in [0.1, 0.15) is 11.5 Å². The van der Waals surface area contributed by atoms with Gasteiger partial charge in [0.15, 0.2) is 0 Å². The molecule has 0 saturated carbocycles. The molecule has 9 heteroatoms. The van der Waals surface area contributed by atoms with Crippen LogP contribution in [0.2, 0.25) is 0 Å².